The Morgan fingerprint density at radius 2 is 2.00 bits per heavy atom. The lowest BCUT2D eigenvalue weighted by Crippen LogP contribution is -2.28. The minimum Gasteiger partial charge on any atom is -0.464 e. The van der Waals surface area contributed by atoms with E-state index in [1.807, 2.05) is 28.8 Å². The first-order valence-electron chi connectivity index (χ1n) is 12.5. The molecule has 0 bridgehead atoms. The predicted octanol–water partition coefficient (Wildman–Crippen LogP) is 4.54. The maximum Gasteiger partial charge on any atom is 0.356 e. The third-order valence-corrected chi connectivity index (χ3v) is 6.91. The van der Waals surface area contributed by atoms with Crippen molar-refractivity contribution >= 4 is 34.3 Å². The maximum atomic E-state index is 13.0. The van der Waals surface area contributed by atoms with Crippen LogP contribution in [0.4, 0.5) is 11.4 Å². The Bertz CT molecular complexity index is 1200. The molecule has 8 heteroatoms. The number of fused-ring (bicyclic) bond motifs is 1. The van der Waals surface area contributed by atoms with Gasteiger partial charge in [0.25, 0.3) is 5.91 Å². The molecule has 35 heavy (non-hydrogen) atoms. The topological polar surface area (TPSA) is 94.5 Å². The van der Waals surface area contributed by atoms with E-state index in [-0.39, 0.29) is 5.91 Å². The molecule has 184 valence electrons. The number of esters is 1. The highest BCUT2D eigenvalue weighted by molar-refractivity contribution is 6.12. The molecule has 1 aliphatic carbocycles. The molecule has 1 aliphatic heterocycles. The summed E-state index contributed by atoms with van der Waals surface area (Å²) in [6.45, 7) is 1.13. The molecular weight excluding hydrogens is 444 g/mol. The average Bonchev–Trinajstić information content (AvgIpc) is 3.49. The molecule has 1 saturated heterocycles. The highest BCUT2D eigenvalue weighted by atomic mass is 16.5. The largest absolute Gasteiger partial charge is 0.464 e. The molecule has 0 unspecified atom stereocenters. The van der Waals surface area contributed by atoms with Crippen LogP contribution in [0.5, 0.6) is 0 Å². The molecule has 1 saturated carbocycles. The normalized spacial score (nSPS) is 17.8. The van der Waals surface area contributed by atoms with Crippen LogP contribution in [0.1, 0.15) is 54.6 Å². The molecule has 3 aromatic rings. The summed E-state index contributed by atoms with van der Waals surface area (Å²) in [6, 6.07) is 12.7. The second-order valence-corrected chi connectivity index (χ2v) is 9.31. The van der Waals surface area contributed by atoms with Gasteiger partial charge in [0, 0.05) is 24.6 Å². The zero-order valence-corrected chi connectivity index (χ0v) is 20.1. The average molecular weight is 477 g/mol. The van der Waals surface area contributed by atoms with Gasteiger partial charge in [-0.3, -0.25) is 4.79 Å². The Hall–Kier alpha value is -3.39. The first kappa shape index (κ1) is 23.4. The smallest absolute Gasteiger partial charge is 0.356 e. The summed E-state index contributed by atoms with van der Waals surface area (Å²) < 4.78 is 12.6. The van der Waals surface area contributed by atoms with Crippen LogP contribution in [0.15, 0.2) is 42.6 Å². The number of aryl methyl sites for hydroxylation is 2. The van der Waals surface area contributed by atoms with Gasteiger partial charge in [-0.15, -0.1) is 0 Å². The van der Waals surface area contributed by atoms with Crippen molar-refractivity contribution in [3.8, 4) is 0 Å². The van der Waals surface area contributed by atoms with Crippen molar-refractivity contribution in [2.75, 3.05) is 24.4 Å². The van der Waals surface area contributed by atoms with Gasteiger partial charge in [-0.2, -0.15) is 0 Å². The van der Waals surface area contributed by atoms with E-state index in [0.29, 0.717) is 42.6 Å². The second-order valence-electron chi connectivity index (χ2n) is 9.31. The lowest BCUT2D eigenvalue weighted by molar-refractivity contribution is -0.124. The summed E-state index contributed by atoms with van der Waals surface area (Å²) >= 11 is 0. The van der Waals surface area contributed by atoms with Crippen molar-refractivity contribution in [3.05, 3.63) is 53.9 Å². The van der Waals surface area contributed by atoms with Crippen LogP contribution in [-0.4, -0.2) is 47.3 Å². The third kappa shape index (κ3) is 5.03. The standard InChI is InChI=1S/C27H32N4O4/c1-34-27(33)24-23(30-26(32)22-13-7-15-35-22)21-16-20(29-19-11-5-12-19)17-28-25(21)31(24)14-6-10-18-8-3-2-4-9-18/h2-4,8-9,16-17,19,22,29H,5-7,10-15H2,1H3,(H,30,32)/t22-/m0/s1. The zero-order chi connectivity index (χ0) is 24.2. The first-order valence-corrected chi connectivity index (χ1v) is 12.5. The van der Waals surface area contributed by atoms with E-state index in [1.54, 1.807) is 6.20 Å². The molecule has 0 radical (unpaired) electrons. The number of amides is 1. The van der Waals surface area contributed by atoms with E-state index in [1.165, 1.54) is 19.1 Å². The van der Waals surface area contributed by atoms with Gasteiger partial charge in [0.2, 0.25) is 0 Å². The van der Waals surface area contributed by atoms with Crippen molar-refractivity contribution in [2.24, 2.45) is 0 Å². The van der Waals surface area contributed by atoms with Crippen LogP contribution >= 0.6 is 0 Å². The number of hydrogen-bond acceptors (Lipinski definition) is 6. The summed E-state index contributed by atoms with van der Waals surface area (Å²) in [4.78, 5) is 30.8. The van der Waals surface area contributed by atoms with Gasteiger partial charge in [-0.05, 0) is 56.6 Å². The van der Waals surface area contributed by atoms with Crippen LogP contribution < -0.4 is 10.6 Å². The SMILES string of the molecule is COC(=O)c1c(NC(=O)[C@@H]2CCCO2)c2cc(NC3CCC3)cnc2n1CCCc1ccccc1. The molecule has 2 aromatic heterocycles. The van der Waals surface area contributed by atoms with Gasteiger partial charge in [0.15, 0.2) is 5.69 Å². The fourth-order valence-electron chi connectivity index (χ4n) is 4.82. The number of rotatable bonds is 9. The molecule has 1 amide bonds. The minimum atomic E-state index is -0.513. The number of carbonyl (C=O) groups is 2. The quantitative estimate of drug-likeness (QED) is 0.441. The zero-order valence-electron chi connectivity index (χ0n) is 20.1. The van der Waals surface area contributed by atoms with Gasteiger partial charge in [0.1, 0.15) is 11.8 Å². The van der Waals surface area contributed by atoms with Crippen molar-refractivity contribution < 1.29 is 19.1 Å². The number of aromatic nitrogens is 2. The summed E-state index contributed by atoms with van der Waals surface area (Å²) in [5.41, 5.74) is 3.52. The van der Waals surface area contributed by atoms with Crippen molar-refractivity contribution in [2.45, 2.75) is 63.6 Å². The number of anilines is 2. The van der Waals surface area contributed by atoms with Crippen LogP contribution in [-0.2, 0) is 27.2 Å². The maximum absolute atomic E-state index is 13.0. The Morgan fingerprint density at radius 3 is 2.69 bits per heavy atom. The number of ether oxygens (including phenoxy) is 2. The molecule has 0 spiro atoms. The Kier molecular flexibility index (Phi) is 6.99. The number of hydrogen-bond donors (Lipinski definition) is 2. The molecule has 2 aliphatic rings. The third-order valence-electron chi connectivity index (χ3n) is 6.91. The van der Waals surface area contributed by atoms with Gasteiger partial charge in [-0.25, -0.2) is 9.78 Å². The van der Waals surface area contributed by atoms with Crippen LogP contribution in [0, 0.1) is 0 Å². The molecule has 8 nitrogen and oxygen atoms in total. The number of nitrogens with zero attached hydrogens (tertiary/aromatic N) is 2. The monoisotopic (exact) mass is 476 g/mol. The molecule has 2 fully saturated rings. The lowest BCUT2D eigenvalue weighted by Gasteiger charge is -2.27. The van der Waals surface area contributed by atoms with Gasteiger partial charge < -0.3 is 24.7 Å². The van der Waals surface area contributed by atoms with E-state index < -0.39 is 12.1 Å². The minimum absolute atomic E-state index is 0.242. The number of methoxy groups -OCH3 is 1. The lowest BCUT2D eigenvalue weighted by atomic mass is 9.93. The van der Waals surface area contributed by atoms with Crippen LogP contribution in [0.3, 0.4) is 0 Å². The fourth-order valence-corrected chi connectivity index (χ4v) is 4.82. The number of nitrogens with one attached hydrogen (secondary N) is 2. The number of benzene rings is 1. The Labute approximate surface area is 205 Å². The molecule has 1 atom stereocenters. The van der Waals surface area contributed by atoms with Gasteiger partial charge in [0.05, 0.1) is 24.7 Å². The summed E-state index contributed by atoms with van der Waals surface area (Å²) in [7, 11) is 1.36. The molecule has 1 aromatic carbocycles. The van der Waals surface area contributed by atoms with Crippen molar-refractivity contribution in [1.82, 2.24) is 9.55 Å². The highest BCUT2D eigenvalue weighted by Crippen LogP contribution is 2.34. The summed E-state index contributed by atoms with van der Waals surface area (Å²) in [5.74, 6) is -0.743. The van der Waals surface area contributed by atoms with E-state index in [2.05, 4.69) is 22.8 Å². The van der Waals surface area contributed by atoms with E-state index >= 15 is 0 Å². The van der Waals surface area contributed by atoms with Crippen LogP contribution in [0.25, 0.3) is 11.0 Å². The number of pyridine rings is 1. The summed E-state index contributed by atoms with van der Waals surface area (Å²) in [6.07, 6.45) is 7.97. The highest BCUT2D eigenvalue weighted by Gasteiger charge is 2.30. The predicted molar refractivity (Wildman–Crippen MR) is 135 cm³/mol. The fraction of sp³-hybridized carbons (Fsp3) is 0.444. The second kappa shape index (κ2) is 10.5. The molecule has 2 N–H and O–H groups in total. The van der Waals surface area contributed by atoms with E-state index in [0.717, 1.165) is 43.2 Å². The van der Waals surface area contributed by atoms with Crippen LogP contribution in [0.2, 0.25) is 0 Å². The van der Waals surface area contributed by atoms with E-state index in [4.69, 9.17) is 14.5 Å². The van der Waals surface area contributed by atoms with Crippen molar-refractivity contribution in [1.29, 1.82) is 0 Å². The van der Waals surface area contributed by atoms with Gasteiger partial charge in [-0.1, -0.05) is 30.3 Å². The van der Waals surface area contributed by atoms with E-state index in [9.17, 15) is 9.59 Å². The molecule has 5 rings (SSSR count). The Morgan fingerprint density at radius 1 is 1.17 bits per heavy atom. The number of carbonyl (C=O) groups excluding carboxylic acids is 2. The van der Waals surface area contributed by atoms with Gasteiger partial charge >= 0.3 is 5.97 Å². The molecular formula is C27H32N4O4. The first-order chi connectivity index (χ1) is 17.1. The van der Waals surface area contributed by atoms with Crippen molar-refractivity contribution in [3.63, 3.8) is 0 Å². The molecule has 3 heterocycles. The Balaban J connectivity index is 1.51. The summed E-state index contributed by atoms with van der Waals surface area (Å²) in [5, 5.41) is 7.23.